The summed E-state index contributed by atoms with van der Waals surface area (Å²) in [6.07, 6.45) is 7.52. The summed E-state index contributed by atoms with van der Waals surface area (Å²) in [5, 5.41) is 12.1. The van der Waals surface area contributed by atoms with Crippen molar-refractivity contribution in [3.63, 3.8) is 0 Å². The lowest BCUT2D eigenvalue weighted by Gasteiger charge is -2.29. The summed E-state index contributed by atoms with van der Waals surface area (Å²) in [6, 6.07) is 6.86. The molecule has 1 saturated carbocycles. The maximum absolute atomic E-state index is 12.1. The molecule has 0 unspecified atom stereocenters. The van der Waals surface area contributed by atoms with Crippen LogP contribution in [0.1, 0.15) is 37.7 Å². The first-order chi connectivity index (χ1) is 12.5. The number of benzene rings is 1. The Morgan fingerprint density at radius 3 is 2.62 bits per heavy atom. The zero-order valence-electron chi connectivity index (χ0n) is 14.4. The van der Waals surface area contributed by atoms with Crippen LogP contribution in [0.15, 0.2) is 30.5 Å². The van der Waals surface area contributed by atoms with E-state index in [0.29, 0.717) is 23.1 Å². The third-order valence-corrected chi connectivity index (χ3v) is 4.72. The Bertz CT molecular complexity index is 780. The molecule has 2 amide bonds. The molecule has 0 atom stereocenters. The molecule has 4 rings (SSSR count). The number of aromatic nitrogens is 2. The molecule has 8 heteroatoms. The molecule has 1 aliphatic carbocycles. The summed E-state index contributed by atoms with van der Waals surface area (Å²) in [5.41, 5.74) is 6.92. The van der Waals surface area contributed by atoms with Gasteiger partial charge in [-0.1, -0.05) is 43.0 Å². The molecule has 0 saturated heterocycles. The SMILES string of the molecule is Nc1ncc2c(n1)NC(=O)N(c1ccccc1Cl)C2.OC1CCCCC1. The number of halogens is 1. The predicted molar refractivity (Wildman–Crippen MR) is 102 cm³/mol. The zero-order valence-corrected chi connectivity index (χ0v) is 15.1. The number of nitrogens with one attached hydrogen (secondary N) is 1. The minimum absolute atomic E-state index is 0.0359. The summed E-state index contributed by atoms with van der Waals surface area (Å²) in [6.45, 7) is 0.352. The molecule has 0 spiro atoms. The number of urea groups is 1. The van der Waals surface area contributed by atoms with Gasteiger partial charge in [0.25, 0.3) is 0 Å². The van der Waals surface area contributed by atoms with Crippen LogP contribution >= 0.6 is 11.6 Å². The fourth-order valence-corrected chi connectivity index (χ4v) is 3.24. The third-order valence-electron chi connectivity index (χ3n) is 4.40. The zero-order chi connectivity index (χ0) is 18.5. The summed E-state index contributed by atoms with van der Waals surface area (Å²) >= 11 is 6.10. The van der Waals surface area contributed by atoms with Crippen LogP contribution in [0.5, 0.6) is 0 Å². The van der Waals surface area contributed by atoms with Crippen LogP contribution in [0.4, 0.5) is 22.2 Å². The number of para-hydroxylation sites is 1. The molecule has 138 valence electrons. The molecular weight excluding hydrogens is 354 g/mol. The van der Waals surface area contributed by atoms with Crippen LogP contribution in [0.3, 0.4) is 0 Å². The average Bonchev–Trinajstić information content (AvgIpc) is 2.63. The number of amides is 2. The number of hydrogen-bond acceptors (Lipinski definition) is 5. The second-order valence-electron chi connectivity index (χ2n) is 6.36. The number of carbonyl (C=O) groups is 1. The van der Waals surface area contributed by atoms with Gasteiger partial charge in [-0.25, -0.2) is 9.78 Å². The molecule has 2 aliphatic rings. The number of aliphatic hydroxyl groups is 1. The first-order valence-electron chi connectivity index (χ1n) is 8.67. The third kappa shape index (κ3) is 4.42. The van der Waals surface area contributed by atoms with Crippen LogP contribution < -0.4 is 16.0 Å². The van der Waals surface area contributed by atoms with Crippen LogP contribution in [0.25, 0.3) is 0 Å². The van der Waals surface area contributed by atoms with Crippen molar-refractivity contribution in [2.45, 2.75) is 44.8 Å². The highest BCUT2D eigenvalue weighted by molar-refractivity contribution is 6.34. The van der Waals surface area contributed by atoms with Crippen LogP contribution in [-0.2, 0) is 6.54 Å². The van der Waals surface area contributed by atoms with Crippen molar-refractivity contribution in [1.82, 2.24) is 9.97 Å². The number of aliphatic hydroxyl groups excluding tert-OH is 1. The van der Waals surface area contributed by atoms with Gasteiger partial charge in [0.15, 0.2) is 0 Å². The van der Waals surface area contributed by atoms with Gasteiger partial charge in [0.2, 0.25) is 5.95 Å². The van der Waals surface area contributed by atoms with Crippen molar-refractivity contribution in [3.8, 4) is 0 Å². The fraction of sp³-hybridized carbons (Fsp3) is 0.389. The van der Waals surface area contributed by atoms with Gasteiger partial charge in [-0.15, -0.1) is 0 Å². The van der Waals surface area contributed by atoms with Crippen molar-refractivity contribution in [1.29, 1.82) is 0 Å². The molecule has 1 aromatic carbocycles. The van der Waals surface area contributed by atoms with E-state index >= 15 is 0 Å². The lowest BCUT2D eigenvalue weighted by molar-refractivity contribution is 0.130. The Hall–Kier alpha value is -2.38. The van der Waals surface area contributed by atoms with Crippen molar-refractivity contribution < 1.29 is 9.90 Å². The quantitative estimate of drug-likeness (QED) is 0.706. The number of nitrogen functional groups attached to an aromatic ring is 1. The molecule has 2 heterocycles. The fourth-order valence-electron chi connectivity index (χ4n) is 3.00. The van der Waals surface area contributed by atoms with Gasteiger partial charge in [-0.2, -0.15) is 4.98 Å². The molecule has 4 N–H and O–H groups in total. The number of rotatable bonds is 1. The molecule has 1 aromatic heterocycles. The highest BCUT2D eigenvalue weighted by Gasteiger charge is 2.26. The Balaban J connectivity index is 0.000000236. The van der Waals surface area contributed by atoms with Gasteiger partial charge in [0.05, 0.1) is 23.4 Å². The molecule has 0 bridgehead atoms. The minimum atomic E-state index is -0.293. The van der Waals surface area contributed by atoms with E-state index in [4.69, 9.17) is 22.4 Å². The molecule has 2 aromatic rings. The van der Waals surface area contributed by atoms with Gasteiger partial charge in [0, 0.05) is 11.8 Å². The Labute approximate surface area is 157 Å². The number of hydrogen-bond donors (Lipinski definition) is 3. The van der Waals surface area contributed by atoms with Gasteiger partial charge >= 0.3 is 6.03 Å². The van der Waals surface area contributed by atoms with Crippen molar-refractivity contribution in [3.05, 3.63) is 41.0 Å². The standard InChI is InChI=1S/C12H10ClN5O.C6H12O/c13-8-3-1-2-4-9(8)18-6-7-5-15-11(14)16-10(7)17-12(18)19;7-6-4-2-1-3-5-6/h1-5H,6H2,(H3,14,15,16,17,19);6-7H,1-5H2. The number of nitrogens with zero attached hydrogens (tertiary/aromatic N) is 3. The molecule has 1 aliphatic heterocycles. The van der Waals surface area contributed by atoms with E-state index in [9.17, 15) is 4.79 Å². The highest BCUT2D eigenvalue weighted by atomic mass is 35.5. The number of nitrogens with two attached hydrogens (primary N) is 1. The lowest BCUT2D eigenvalue weighted by atomic mass is 9.98. The summed E-state index contributed by atoms with van der Waals surface area (Å²) in [5.74, 6) is 0.575. The first-order valence-corrected chi connectivity index (χ1v) is 9.05. The topological polar surface area (TPSA) is 104 Å². The van der Waals surface area contributed by atoms with Crippen molar-refractivity contribution >= 4 is 35.1 Å². The van der Waals surface area contributed by atoms with Crippen LogP contribution in [0.2, 0.25) is 5.02 Å². The normalized spacial score (nSPS) is 17.0. The maximum atomic E-state index is 12.1. The molecule has 26 heavy (non-hydrogen) atoms. The number of anilines is 3. The largest absolute Gasteiger partial charge is 0.393 e. The lowest BCUT2D eigenvalue weighted by Crippen LogP contribution is -2.39. The van der Waals surface area contributed by atoms with Gasteiger partial charge in [-0.3, -0.25) is 10.2 Å². The van der Waals surface area contributed by atoms with Crippen LogP contribution in [0, 0.1) is 0 Å². The smallest absolute Gasteiger partial charge is 0.327 e. The van der Waals surface area contributed by atoms with E-state index in [1.807, 2.05) is 12.1 Å². The van der Waals surface area contributed by atoms with Gasteiger partial charge < -0.3 is 10.8 Å². The Morgan fingerprint density at radius 2 is 1.96 bits per heavy atom. The van der Waals surface area contributed by atoms with Crippen molar-refractivity contribution in [2.24, 2.45) is 0 Å². The molecule has 0 radical (unpaired) electrons. The average molecular weight is 376 g/mol. The number of carbonyl (C=O) groups excluding carboxylic acids is 1. The van der Waals surface area contributed by atoms with Crippen molar-refractivity contribution in [2.75, 3.05) is 16.0 Å². The highest BCUT2D eigenvalue weighted by Crippen LogP contribution is 2.30. The van der Waals surface area contributed by atoms with E-state index < -0.39 is 0 Å². The minimum Gasteiger partial charge on any atom is -0.393 e. The Kier molecular flexibility index (Phi) is 5.90. The summed E-state index contributed by atoms with van der Waals surface area (Å²) in [7, 11) is 0. The summed E-state index contributed by atoms with van der Waals surface area (Å²) < 4.78 is 0. The second kappa shape index (κ2) is 8.33. The maximum Gasteiger partial charge on any atom is 0.327 e. The van der Waals surface area contributed by atoms with E-state index in [1.54, 1.807) is 18.3 Å². The van der Waals surface area contributed by atoms with E-state index in [-0.39, 0.29) is 18.1 Å². The molecule has 7 nitrogen and oxygen atoms in total. The van der Waals surface area contributed by atoms with E-state index in [1.165, 1.54) is 24.2 Å². The summed E-state index contributed by atoms with van der Waals surface area (Å²) in [4.78, 5) is 21.5. The predicted octanol–water partition coefficient (Wildman–Crippen LogP) is 3.58. The van der Waals surface area contributed by atoms with Gasteiger partial charge in [-0.05, 0) is 25.0 Å². The van der Waals surface area contributed by atoms with Crippen LogP contribution in [-0.4, -0.2) is 27.2 Å². The van der Waals surface area contributed by atoms with E-state index in [2.05, 4.69) is 15.3 Å². The monoisotopic (exact) mass is 375 g/mol. The Morgan fingerprint density at radius 1 is 1.23 bits per heavy atom. The molecule has 1 fully saturated rings. The second-order valence-corrected chi connectivity index (χ2v) is 6.77. The number of fused-ring (bicyclic) bond motifs is 1. The van der Waals surface area contributed by atoms with E-state index in [0.717, 1.165) is 18.4 Å². The molecular formula is C18H22ClN5O2. The first kappa shape index (κ1) is 18.4. The van der Waals surface area contributed by atoms with Gasteiger partial charge in [0.1, 0.15) is 5.82 Å².